The minimum atomic E-state index is -0.227. The number of hydrogen-bond donors (Lipinski definition) is 3. The Bertz CT molecular complexity index is 534. The van der Waals surface area contributed by atoms with Crippen LogP contribution in [-0.4, -0.2) is 37.6 Å². The number of anilines is 2. The standard InChI is InChI=1S/C14H18ClN3O3.ClH/c1-9(19)17-13-6-10(15)2-3-12(13)18-14(20)7-11-8-21-5-4-16-11;/h2-3,6,11,16H,4-5,7-8H2,1H3,(H,17,19)(H,18,20);1H. The molecule has 0 spiro atoms. The molecule has 1 aliphatic rings. The number of hydrogen-bond acceptors (Lipinski definition) is 4. The number of carbonyl (C=O) groups is 2. The number of morpholine rings is 1. The average Bonchev–Trinajstić information content (AvgIpc) is 2.42. The summed E-state index contributed by atoms with van der Waals surface area (Å²) in [6.45, 7) is 3.33. The second-order valence-electron chi connectivity index (χ2n) is 4.85. The zero-order valence-electron chi connectivity index (χ0n) is 12.1. The monoisotopic (exact) mass is 347 g/mol. The molecule has 2 rings (SSSR count). The summed E-state index contributed by atoms with van der Waals surface area (Å²) < 4.78 is 5.31. The lowest BCUT2D eigenvalue weighted by Crippen LogP contribution is -2.43. The van der Waals surface area contributed by atoms with E-state index in [0.29, 0.717) is 36.0 Å². The van der Waals surface area contributed by atoms with Gasteiger partial charge < -0.3 is 20.7 Å². The molecule has 22 heavy (non-hydrogen) atoms. The van der Waals surface area contributed by atoms with Crippen LogP contribution in [0.15, 0.2) is 18.2 Å². The van der Waals surface area contributed by atoms with Gasteiger partial charge in [-0.05, 0) is 18.2 Å². The first-order valence-electron chi connectivity index (χ1n) is 6.72. The number of carbonyl (C=O) groups excluding carboxylic acids is 2. The molecule has 1 atom stereocenters. The summed E-state index contributed by atoms with van der Waals surface area (Å²) in [5, 5.41) is 9.13. The Balaban J connectivity index is 0.00000242. The highest BCUT2D eigenvalue weighted by molar-refractivity contribution is 6.31. The molecule has 6 nitrogen and oxygen atoms in total. The van der Waals surface area contributed by atoms with E-state index < -0.39 is 0 Å². The molecule has 0 aromatic heterocycles. The average molecular weight is 348 g/mol. The van der Waals surface area contributed by atoms with Gasteiger partial charge in [-0.25, -0.2) is 0 Å². The minimum absolute atomic E-state index is 0. The van der Waals surface area contributed by atoms with Crippen molar-refractivity contribution in [3.8, 4) is 0 Å². The molecule has 2 amide bonds. The minimum Gasteiger partial charge on any atom is -0.378 e. The van der Waals surface area contributed by atoms with Crippen LogP contribution in [0, 0.1) is 0 Å². The van der Waals surface area contributed by atoms with Gasteiger partial charge in [-0.15, -0.1) is 12.4 Å². The molecule has 0 saturated carbocycles. The Hall–Kier alpha value is -1.34. The molecule has 1 aliphatic heterocycles. The van der Waals surface area contributed by atoms with E-state index in [4.69, 9.17) is 16.3 Å². The molecule has 1 aromatic carbocycles. The molecule has 1 heterocycles. The molecule has 1 saturated heterocycles. The van der Waals surface area contributed by atoms with Gasteiger partial charge in [0.2, 0.25) is 11.8 Å². The predicted octanol–water partition coefficient (Wildman–Crippen LogP) is 2.04. The highest BCUT2D eigenvalue weighted by Gasteiger charge is 2.17. The van der Waals surface area contributed by atoms with Crippen molar-refractivity contribution < 1.29 is 14.3 Å². The fraction of sp³-hybridized carbons (Fsp3) is 0.429. The maximum atomic E-state index is 12.1. The molecule has 122 valence electrons. The van der Waals surface area contributed by atoms with E-state index in [2.05, 4.69) is 16.0 Å². The van der Waals surface area contributed by atoms with Crippen LogP contribution in [0.2, 0.25) is 5.02 Å². The topological polar surface area (TPSA) is 79.5 Å². The number of amides is 2. The third-order valence-corrected chi connectivity index (χ3v) is 3.23. The Kier molecular flexibility index (Phi) is 7.61. The molecule has 0 radical (unpaired) electrons. The zero-order chi connectivity index (χ0) is 15.2. The van der Waals surface area contributed by atoms with Crippen LogP contribution in [0.4, 0.5) is 11.4 Å². The van der Waals surface area contributed by atoms with E-state index in [1.807, 2.05) is 0 Å². The van der Waals surface area contributed by atoms with Crippen molar-refractivity contribution in [1.29, 1.82) is 0 Å². The van der Waals surface area contributed by atoms with Gasteiger partial charge in [-0.1, -0.05) is 11.6 Å². The number of halogens is 2. The third-order valence-electron chi connectivity index (χ3n) is 3.00. The van der Waals surface area contributed by atoms with E-state index in [-0.39, 0.29) is 30.3 Å². The first-order valence-corrected chi connectivity index (χ1v) is 7.10. The Morgan fingerprint density at radius 2 is 2.14 bits per heavy atom. The Morgan fingerprint density at radius 3 is 2.77 bits per heavy atom. The van der Waals surface area contributed by atoms with Crippen molar-refractivity contribution in [2.75, 3.05) is 30.4 Å². The van der Waals surface area contributed by atoms with Gasteiger partial charge in [0.15, 0.2) is 0 Å². The van der Waals surface area contributed by atoms with Crippen LogP contribution in [0.1, 0.15) is 13.3 Å². The number of nitrogens with one attached hydrogen (secondary N) is 3. The van der Waals surface area contributed by atoms with Gasteiger partial charge in [-0.2, -0.15) is 0 Å². The van der Waals surface area contributed by atoms with Crippen molar-refractivity contribution in [2.24, 2.45) is 0 Å². The highest BCUT2D eigenvalue weighted by Crippen LogP contribution is 2.26. The van der Waals surface area contributed by atoms with Crippen LogP contribution in [0.3, 0.4) is 0 Å². The van der Waals surface area contributed by atoms with E-state index in [1.165, 1.54) is 6.92 Å². The Morgan fingerprint density at radius 1 is 1.36 bits per heavy atom. The first-order chi connectivity index (χ1) is 10.0. The van der Waals surface area contributed by atoms with Crippen LogP contribution >= 0.6 is 24.0 Å². The molecular formula is C14H19Cl2N3O3. The summed E-state index contributed by atoms with van der Waals surface area (Å²) in [6.07, 6.45) is 0.308. The summed E-state index contributed by atoms with van der Waals surface area (Å²) in [4.78, 5) is 23.2. The fourth-order valence-corrected chi connectivity index (χ4v) is 2.27. The fourth-order valence-electron chi connectivity index (χ4n) is 2.09. The lowest BCUT2D eigenvalue weighted by atomic mass is 10.2. The quantitative estimate of drug-likeness (QED) is 0.778. The molecule has 1 unspecified atom stereocenters. The third kappa shape index (κ3) is 5.81. The van der Waals surface area contributed by atoms with Crippen molar-refractivity contribution in [3.63, 3.8) is 0 Å². The van der Waals surface area contributed by atoms with E-state index >= 15 is 0 Å². The second-order valence-corrected chi connectivity index (χ2v) is 5.29. The summed E-state index contributed by atoms with van der Waals surface area (Å²) in [7, 11) is 0. The van der Waals surface area contributed by atoms with Crippen LogP contribution in [-0.2, 0) is 14.3 Å². The molecular weight excluding hydrogens is 329 g/mol. The molecule has 1 fully saturated rings. The van der Waals surface area contributed by atoms with Gasteiger partial charge in [0, 0.05) is 31.0 Å². The summed E-state index contributed by atoms with van der Waals surface area (Å²) in [5.74, 6) is -0.373. The Labute approximate surface area is 140 Å². The van der Waals surface area contributed by atoms with Crippen molar-refractivity contribution in [2.45, 2.75) is 19.4 Å². The van der Waals surface area contributed by atoms with Gasteiger partial charge in [-0.3, -0.25) is 9.59 Å². The van der Waals surface area contributed by atoms with Crippen molar-refractivity contribution >= 4 is 47.2 Å². The molecule has 1 aromatic rings. The normalized spacial score (nSPS) is 17.3. The van der Waals surface area contributed by atoms with Crippen LogP contribution < -0.4 is 16.0 Å². The predicted molar refractivity (Wildman–Crippen MR) is 88.9 cm³/mol. The van der Waals surface area contributed by atoms with Gasteiger partial charge in [0.25, 0.3) is 0 Å². The zero-order valence-corrected chi connectivity index (χ0v) is 13.7. The molecule has 3 N–H and O–H groups in total. The van der Waals surface area contributed by atoms with Gasteiger partial charge >= 0.3 is 0 Å². The molecule has 0 aliphatic carbocycles. The summed E-state index contributed by atoms with van der Waals surface area (Å²) >= 11 is 5.90. The van der Waals surface area contributed by atoms with E-state index in [0.717, 1.165) is 6.54 Å². The van der Waals surface area contributed by atoms with E-state index in [1.54, 1.807) is 18.2 Å². The molecule has 0 bridgehead atoms. The van der Waals surface area contributed by atoms with Crippen LogP contribution in [0.5, 0.6) is 0 Å². The largest absolute Gasteiger partial charge is 0.378 e. The smallest absolute Gasteiger partial charge is 0.226 e. The van der Waals surface area contributed by atoms with Crippen molar-refractivity contribution in [1.82, 2.24) is 5.32 Å². The summed E-state index contributed by atoms with van der Waals surface area (Å²) in [6, 6.07) is 4.93. The van der Waals surface area contributed by atoms with E-state index in [9.17, 15) is 9.59 Å². The number of ether oxygens (including phenoxy) is 1. The number of rotatable bonds is 4. The maximum Gasteiger partial charge on any atom is 0.226 e. The van der Waals surface area contributed by atoms with Crippen molar-refractivity contribution in [3.05, 3.63) is 23.2 Å². The SMILES string of the molecule is CC(=O)Nc1cc(Cl)ccc1NC(=O)CC1COCCN1.Cl. The first kappa shape index (κ1) is 18.7. The maximum absolute atomic E-state index is 12.1. The lowest BCUT2D eigenvalue weighted by Gasteiger charge is -2.23. The summed E-state index contributed by atoms with van der Waals surface area (Å²) in [5.41, 5.74) is 1.01. The highest BCUT2D eigenvalue weighted by atomic mass is 35.5. The second kappa shape index (κ2) is 8.95. The van der Waals surface area contributed by atoms with Gasteiger partial charge in [0.05, 0.1) is 24.6 Å². The van der Waals surface area contributed by atoms with Crippen LogP contribution in [0.25, 0.3) is 0 Å². The molecule has 8 heteroatoms. The lowest BCUT2D eigenvalue weighted by molar-refractivity contribution is -0.117. The van der Waals surface area contributed by atoms with Gasteiger partial charge in [0.1, 0.15) is 0 Å². The number of benzene rings is 1.